The van der Waals surface area contributed by atoms with Gasteiger partial charge in [0.1, 0.15) is 0 Å². The zero-order valence-corrected chi connectivity index (χ0v) is 17.8. The molecule has 0 saturated carbocycles. The molecule has 6 nitrogen and oxygen atoms in total. The number of thiazole rings is 1. The number of nitro groups is 1. The minimum absolute atomic E-state index is 0.0958. The van der Waals surface area contributed by atoms with Crippen molar-refractivity contribution in [1.29, 1.82) is 0 Å². The van der Waals surface area contributed by atoms with Crippen molar-refractivity contribution in [2.75, 3.05) is 0 Å². The van der Waals surface area contributed by atoms with Gasteiger partial charge in [-0.05, 0) is 31.4 Å². The largest absolute Gasteiger partial charge is 0.314 e. The van der Waals surface area contributed by atoms with Crippen LogP contribution < -0.4 is 4.80 Å². The molecular formula is C22H26N4O2S. The van der Waals surface area contributed by atoms with Crippen LogP contribution in [0.3, 0.4) is 0 Å². The van der Waals surface area contributed by atoms with Crippen LogP contribution in [0.25, 0.3) is 11.3 Å². The summed E-state index contributed by atoms with van der Waals surface area (Å²) in [5.74, 6) is 0.672. The summed E-state index contributed by atoms with van der Waals surface area (Å²) in [6.45, 7) is 6.66. The van der Waals surface area contributed by atoms with Gasteiger partial charge in [-0.15, -0.1) is 11.3 Å². The summed E-state index contributed by atoms with van der Waals surface area (Å²) < 4.78 is 2.21. The molecule has 3 aromatic rings. The second-order valence-electron chi connectivity index (χ2n) is 7.58. The van der Waals surface area contributed by atoms with Crippen LogP contribution in [0, 0.1) is 16.0 Å². The summed E-state index contributed by atoms with van der Waals surface area (Å²) in [5, 5.41) is 13.3. The smallest absolute Gasteiger partial charge is 0.270 e. The molecule has 1 aromatic carbocycles. The first-order valence-electron chi connectivity index (χ1n) is 9.85. The molecule has 0 aliphatic carbocycles. The SMILES string of the molecule is CC(C)CCCC(C)n1c(-c2cccc([N+](=O)[O-])c2)csc1=Nc1cccnc1. The van der Waals surface area contributed by atoms with Crippen molar-refractivity contribution in [3.63, 3.8) is 0 Å². The normalized spacial score (nSPS) is 13.0. The molecule has 7 heteroatoms. The van der Waals surface area contributed by atoms with Crippen molar-refractivity contribution in [2.45, 2.75) is 46.1 Å². The van der Waals surface area contributed by atoms with Crippen LogP contribution in [-0.4, -0.2) is 14.5 Å². The van der Waals surface area contributed by atoms with Crippen LogP contribution in [0.5, 0.6) is 0 Å². The Morgan fingerprint density at radius 1 is 1.21 bits per heavy atom. The summed E-state index contributed by atoms with van der Waals surface area (Å²) in [4.78, 5) is 20.7. The quantitative estimate of drug-likeness (QED) is 0.331. The minimum atomic E-state index is -0.354. The summed E-state index contributed by atoms with van der Waals surface area (Å²) in [5.41, 5.74) is 2.68. The predicted molar refractivity (Wildman–Crippen MR) is 117 cm³/mol. The number of nitrogens with zero attached hydrogens (tertiary/aromatic N) is 4. The Labute approximate surface area is 174 Å². The molecule has 0 aliphatic rings. The second kappa shape index (κ2) is 9.60. The molecule has 2 heterocycles. The van der Waals surface area contributed by atoms with E-state index in [1.165, 1.54) is 12.5 Å². The van der Waals surface area contributed by atoms with Crippen molar-refractivity contribution >= 4 is 22.7 Å². The monoisotopic (exact) mass is 410 g/mol. The van der Waals surface area contributed by atoms with Crippen molar-refractivity contribution < 1.29 is 4.92 Å². The van der Waals surface area contributed by atoms with E-state index in [1.807, 2.05) is 23.6 Å². The molecule has 0 radical (unpaired) electrons. The first-order chi connectivity index (χ1) is 14.0. The molecule has 3 rings (SSSR count). The minimum Gasteiger partial charge on any atom is -0.314 e. The van der Waals surface area contributed by atoms with Crippen LogP contribution in [0.1, 0.15) is 46.1 Å². The molecule has 2 aromatic heterocycles. The van der Waals surface area contributed by atoms with E-state index in [0.717, 1.165) is 34.6 Å². The molecule has 0 amide bonds. The first kappa shape index (κ1) is 20.9. The predicted octanol–water partition coefficient (Wildman–Crippen LogP) is 6.14. The van der Waals surface area contributed by atoms with Gasteiger partial charge in [-0.3, -0.25) is 15.1 Å². The highest BCUT2D eigenvalue weighted by Crippen LogP contribution is 2.28. The van der Waals surface area contributed by atoms with Gasteiger partial charge in [0.15, 0.2) is 4.80 Å². The van der Waals surface area contributed by atoms with Gasteiger partial charge in [-0.1, -0.05) is 38.8 Å². The number of pyridine rings is 1. The highest BCUT2D eigenvalue weighted by molar-refractivity contribution is 7.07. The topological polar surface area (TPSA) is 73.3 Å². The van der Waals surface area contributed by atoms with Gasteiger partial charge in [0.05, 0.1) is 22.5 Å². The highest BCUT2D eigenvalue weighted by Gasteiger charge is 2.16. The van der Waals surface area contributed by atoms with Crippen LogP contribution in [0.4, 0.5) is 11.4 Å². The Morgan fingerprint density at radius 3 is 2.72 bits per heavy atom. The fourth-order valence-electron chi connectivity index (χ4n) is 3.30. The number of hydrogen-bond acceptors (Lipinski definition) is 5. The lowest BCUT2D eigenvalue weighted by molar-refractivity contribution is -0.384. The van der Waals surface area contributed by atoms with Crippen LogP contribution in [0.15, 0.2) is 59.2 Å². The molecule has 0 aliphatic heterocycles. The number of rotatable bonds is 8. The number of benzene rings is 1. The second-order valence-corrected chi connectivity index (χ2v) is 8.41. The van der Waals surface area contributed by atoms with Crippen molar-refractivity contribution in [3.05, 3.63) is 69.1 Å². The standard InChI is InChI=1S/C22H26N4O2S/c1-16(2)7-4-8-17(3)25-21(18-9-5-11-20(13-18)26(27)28)15-29-22(25)24-19-10-6-12-23-14-19/h5-6,9-17H,4,7-8H2,1-3H3. The number of aromatic nitrogens is 2. The maximum absolute atomic E-state index is 11.2. The Kier molecular flexibility index (Phi) is 6.93. The van der Waals surface area contributed by atoms with Gasteiger partial charge in [-0.2, -0.15) is 0 Å². The van der Waals surface area contributed by atoms with Crippen LogP contribution in [0.2, 0.25) is 0 Å². The van der Waals surface area contributed by atoms with Gasteiger partial charge >= 0.3 is 0 Å². The third-order valence-corrected chi connectivity index (χ3v) is 5.65. The fourth-order valence-corrected chi connectivity index (χ4v) is 4.31. The molecule has 1 unspecified atom stereocenters. The zero-order chi connectivity index (χ0) is 20.8. The summed E-state index contributed by atoms with van der Waals surface area (Å²) in [7, 11) is 0. The van der Waals surface area contributed by atoms with Crippen molar-refractivity contribution in [1.82, 2.24) is 9.55 Å². The van der Waals surface area contributed by atoms with E-state index in [-0.39, 0.29) is 16.7 Å². The maximum atomic E-state index is 11.2. The third kappa shape index (κ3) is 5.38. The van der Waals surface area contributed by atoms with E-state index >= 15 is 0 Å². The lowest BCUT2D eigenvalue weighted by atomic mass is 10.0. The highest BCUT2D eigenvalue weighted by atomic mass is 32.1. The van der Waals surface area contributed by atoms with Gasteiger partial charge in [0, 0.05) is 35.3 Å². The van der Waals surface area contributed by atoms with Crippen LogP contribution in [-0.2, 0) is 0 Å². The van der Waals surface area contributed by atoms with Gasteiger partial charge < -0.3 is 4.57 Å². The van der Waals surface area contributed by atoms with Gasteiger partial charge in [0.25, 0.3) is 5.69 Å². The zero-order valence-electron chi connectivity index (χ0n) is 17.0. The van der Waals surface area contributed by atoms with E-state index in [4.69, 9.17) is 4.99 Å². The van der Waals surface area contributed by atoms with E-state index < -0.39 is 0 Å². The molecule has 0 saturated heterocycles. The van der Waals surface area contributed by atoms with E-state index in [2.05, 4.69) is 30.3 Å². The summed E-state index contributed by atoms with van der Waals surface area (Å²) in [6.07, 6.45) is 6.79. The molecular weight excluding hydrogens is 384 g/mol. The first-order valence-corrected chi connectivity index (χ1v) is 10.7. The number of non-ortho nitro benzene ring substituents is 1. The third-order valence-electron chi connectivity index (χ3n) is 4.81. The number of nitro benzene ring substituents is 1. The molecule has 0 bridgehead atoms. The molecule has 0 fully saturated rings. The molecule has 29 heavy (non-hydrogen) atoms. The van der Waals surface area contributed by atoms with E-state index in [1.54, 1.807) is 35.9 Å². The average Bonchev–Trinajstić information content (AvgIpc) is 3.12. The lowest BCUT2D eigenvalue weighted by Gasteiger charge is -2.18. The Morgan fingerprint density at radius 2 is 2.03 bits per heavy atom. The van der Waals surface area contributed by atoms with E-state index in [0.29, 0.717) is 5.92 Å². The molecule has 0 N–H and O–H groups in total. The number of hydrogen-bond donors (Lipinski definition) is 0. The molecule has 1 atom stereocenters. The Hall–Kier alpha value is -2.80. The maximum Gasteiger partial charge on any atom is 0.270 e. The van der Waals surface area contributed by atoms with E-state index in [9.17, 15) is 10.1 Å². The Balaban J connectivity index is 2.05. The van der Waals surface area contributed by atoms with Gasteiger partial charge in [0.2, 0.25) is 0 Å². The summed E-state index contributed by atoms with van der Waals surface area (Å²) in [6, 6.07) is 10.8. The van der Waals surface area contributed by atoms with Crippen molar-refractivity contribution in [3.8, 4) is 11.3 Å². The van der Waals surface area contributed by atoms with Crippen LogP contribution >= 0.6 is 11.3 Å². The van der Waals surface area contributed by atoms with Crippen molar-refractivity contribution in [2.24, 2.45) is 10.9 Å². The fraction of sp³-hybridized carbons (Fsp3) is 0.364. The Bertz CT molecular complexity index is 1020. The molecule has 0 spiro atoms. The summed E-state index contributed by atoms with van der Waals surface area (Å²) >= 11 is 1.55. The lowest BCUT2D eigenvalue weighted by Crippen LogP contribution is -2.20. The molecule has 152 valence electrons. The average molecular weight is 411 g/mol. The van der Waals surface area contributed by atoms with Gasteiger partial charge in [-0.25, -0.2) is 4.99 Å².